The van der Waals surface area contributed by atoms with Gasteiger partial charge in [0.1, 0.15) is 25.4 Å². The van der Waals surface area contributed by atoms with Crippen LogP contribution in [0.25, 0.3) is 0 Å². The summed E-state index contributed by atoms with van der Waals surface area (Å²) in [6.07, 6.45) is 88.8. The molecule has 0 spiro atoms. The van der Waals surface area contributed by atoms with Gasteiger partial charge >= 0.3 is 33.6 Å². The normalized spacial score (nSPS) is 14.6. The first-order valence-corrected chi connectivity index (χ1v) is 43.2. The second-order valence-corrected chi connectivity index (χ2v) is 29.7. The highest BCUT2D eigenvalue weighted by Gasteiger charge is 2.29. The fourth-order valence-electron chi connectivity index (χ4n) is 10.9. The smallest absolute Gasteiger partial charge is 0.463 e. The first-order chi connectivity index (χ1) is 49.2. The number of unbranched alkanes of at least 4 members (excludes halogenated alkanes) is 35. The Kier molecular flexibility index (Phi) is 73.0. The molecule has 0 aromatic carbocycles. The molecule has 5 unspecified atom stereocenters. The number of aliphatic hydroxyl groups is 2. The van der Waals surface area contributed by atoms with Gasteiger partial charge in [-0.15, -0.1) is 0 Å². The highest BCUT2D eigenvalue weighted by atomic mass is 31.2. The van der Waals surface area contributed by atoms with Gasteiger partial charge in [-0.25, -0.2) is 9.13 Å². The number of phosphoric ester groups is 2. The van der Waals surface area contributed by atoms with E-state index < -0.39 is 91.5 Å². The third-order valence-electron chi connectivity index (χ3n) is 17.0. The van der Waals surface area contributed by atoms with Crippen LogP contribution in [0.15, 0.2) is 109 Å². The van der Waals surface area contributed by atoms with Crippen molar-refractivity contribution in [3.63, 3.8) is 0 Å². The monoisotopic (exact) mass is 1460 g/mol. The number of carbonyl (C=O) groups excluding carboxylic acids is 3. The molecule has 0 aromatic heterocycles. The van der Waals surface area contributed by atoms with E-state index in [1.54, 1.807) is 0 Å². The van der Waals surface area contributed by atoms with E-state index in [0.717, 1.165) is 154 Å². The molecule has 0 radical (unpaired) electrons. The molecular formula is C83H146O16P2. The molecule has 0 heterocycles. The van der Waals surface area contributed by atoms with Crippen molar-refractivity contribution >= 4 is 33.6 Å². The molecule has 4 N–H and O–H groups in total. The van der Waals surface area contributed by atoms with E-state index in [2.05, 4.69) is 130 Å². The predicted molar refractivity (Wildman–Crippen MR) is 417 cm³/mol. The molecule has 5 atom stereocenters. The minimum atomic E-state index is -4.93. The summed E-state index contributed by atoms with van der Waals surface area (Å²) >= 11 is 0. The summed E-state index contributed by atoms with van der Waals surface area (Å²) in [6, 6.07) is 0. The molecule has 0 aliphatic carbocycles. The molecule has 0 saturated heterocycles. The third-order valence-corrected chi connectivity index (χ3v) is 18.9. The fourth-order valence-corrected chi connectivity index (χ4v) is 12.5. The first kappa shape index (κ1) is 97.2. The molecule has 0 bridgehead atoms. The number of hydrogen-bond donors (Lipinski definition) is 4. The van der Waals surface area contributed by atoms with E-state index in [0.29, 0.717) is 19.3 Å². The maximum atomic E-state index is 12.9. The van der Waals surface area contributed by atoms with Gasteiger partial charge in [0.2, 0.25) is 0 Å². The van der Waals surface area contributed by atoms with Gasteiger partial charge in [-0.3, -0.25) is 32.5 Å². The van der Waals surface area contributed by atoms with Gasteiger partial charge in [0.05, 0.1) is 26.4 Å². The summed E-state index contributed by atoms with van der Waals surface area (Å²) in [7, 11) is -9.78. The van der Waals surface area contributed by atoms with Crippen molar-refractivity contribution < 1.29 is 75.8 Å². The van der Waals surface area contributed by atoms with E-state index in [1.807, 2.05) is 0 Å². The van der Waals surface area contributed by atoms with Crippen LogP contribution in [0.2, 0.25) is 0 Å². The Bertz CT molecular complexity index is 2270. The Morgan fingerprint density at radius 2 is 0.525 bits per heavy atom. The van der Waals surface area contributed by atoms with Crippen LogP contribution >= 0.6 is 15.6 Å². The number of aliphatic hydroxyl groups excluding tert-OH is 2. The number of ether oxygens (including phenoxy) is 3. The minimum absolute atomic E-state index is 0.0930. The molecular weight excluding hydrogens is 1310 g/mol. The summed E-state index contributed by atoms with van der Waals surface area (Å²) in [5, 5.41) is 20.6. The Morgan fingerprint density at radius 1 is 0.287 bits per heavy atom. The number of phosphoric acid groups is 2. The van der Waals surface area contributed by atoms with Crippen molar-refractivity contribution in [2.75, 3.05) is 39.6 Å². The zero-order valence-electron chi connectivity index (χ0n) is 63.8. The van der Waals surface area contributed by atoms with Crippen LogP contribution in [0.5, 0.6) is 0 Å². The lowest BCUT2D eigenvalue weighted by Crippen LogP contribution is -2.30. The van der Waals surface area contributed by atoms with Gasteiger partial charge in [-0.1, -0.05) is 310 Å². The number of allylic oxidation sites excluding steroid dienone is 18. The summed E-state index contributed by atoms with van der Waals surface area (Å²) < 4.78 is 61.1. The quantitative estimate of drug-likeness (QED) is 0.0146. The molecule has 0 aliphatic rings. The summed E-state index contributed by atoms with van der Waals surface area (Å²) in [6.45, 7) is 2.45. The molecule has 0 amide bonds. The van der Waals surface area contributed by atoms with Gasteiger partial charge in [0.15, 0.2) is 6.10 Å². The van der Waals surface area contributed by atoms with Crippen LogP contribution in [0.3, 0.4) is 0 Å². The number of carbonyl (C=O) groups is 3. The van der Waals surface area contributed by atoms with Crippen molar-refractivity contribution in [1.29, 1.82) is 0 Å². The van der Waals surface area contributed by atoms with Crippen LogP contribution in [0, 0.1) is 0 Å². The second-order valence-electron chi connectivity index (χ2n) is 26.8. The summed E-state index contributed by atoms with van der Waals surface area (Å²) in [5.74, 6) is -1.58. The van der Waals surface area contributed by atoms with E-state index in [1.165, 1.54) is 128 Å². The van der Waals surface area contributed by atoms with E-state index >= 15 is 0 Å². The average Bonchev–Trinajstić information content (AvgIpc) is 0.940. The maximum Gasteiger partial charge on any atom is 0.472 e. The van der Waals surface area contributed by atoms with Crippen molar-refractivity contribution in [2.24, 2.45) is 0 Å². The van der Waals surface area contributed by atoms with Crippen LogP contribution < -0.4 is 0 Å². The zero-order valence-corrected chi connectivity index (χ0v) is 65.6. The number of hydrogen-bond acceptors (Lipinski definition) is 14. The largest absolute Gasteiger partial charge is 0.472 e. The van der Waals surface area contributed by atoms with Crippen molar-refractivity contribution in [3.8, 4) is 0 Å². The van der Waals surface area contributed by atoms with Crippen molar-refractivity contribution in [2.45, 2.75) is 360 Å². The second kappa shape index (κ2) is 75.9. The van der Waals surface area contributed by atoms with E-state index in [4.69, 9.17) is 32.3 Å². The first-order valence-electron chi connectivity index (χ1n) is 40.2. The Labute approximate surface area is 615 Å². The van der Waals surface area contributed by atoms with E-state index in [-0.39, 0.29) is 19.3 Å². The zero-order chi connectivity index (χ0) is 73.7. The fraction of sp³-hybridized carbons (Fsp3) is 0.747. The highest BCUT2D eigenvalue weighted by molar-refractivity contribution is 7.47. The molecule has 0 rings (SSSR count). The van der Waals surface area contributed by atoms with Gasteiger partial charge in [0, 0.05) is 19.3 Å². The standard InChI is InChI=1S/C83H146O16P2/c1-4-7-10-13-16-19-22-25-27-29-30-31-32-33-34-35-36-37-38-39-40-41-42-43-44-45-46-48-50-52-54-57-60-63-66-69-81(86)93-72-78(84)73-95-100(89,90)96-74-79(85)75-97-101(91,92)98-77-80(99-83(88)71-68-65-62-59-56-51-24-21-18-15-12-9-6-3)76-94-82(87)70-67-64-61-58-55-53-49-47-28-26-23-20-17-14-11-8-5-2/h7-8,10-11,16-17,19-21,24-28,30-31,33-34,78-80,84-85H,4-6,9,12-15,18,22-23,29,32,35-77H2,1-3H3,(H,89,90)(H,91,92)/b10-7-,11-8-,19-16-,20-17-,24-21-,27-25-,28-26-,31-30-,34-33-. The van der Waals surface area contributed by atoms with Gasteiger partial charge in [-0.05, 0) is 122 Å². The number of rotatable bonds is 76. The van der Waals surface area contributed by atoms with Crippen LogP contribution in [-0.4, -0.2) is 95.9 Å². The molecule has 16 nitrogen and oxygen atoms in total. The number of esters is 3. The minimum Gasteiger partial charge on any atom is -0.463 e. The average molecular weight is 1460 g/mol. The summed E-state index contributed by atoms with van der Waals surface area (Å²) in [5.41, 5.74) is 0. The summed E-state index contributed by atoms with van der Waals surface area (Å²) in [4.78, 5) is 58.5. The van der Waals surface area contributed by atoms with Crippen LogP contribution in [0.4, 0.5) is 0 Å². The topological polar surface area (TPSA) is 231 Å². The van der Waals surface area contributed by atoms with Crippen molar-refractivity contribution in [1.82, 2.24) is 0 Å². The van der Waals surface area contributed by atoms with Gasteiger partial charge in [0.25, 0.3) is 0 Å². The Balaban J connectivity index is 4.33. The predicted octanol–water partition coefficient (Wildman–Crippen LogP) is 23.5. The third kappa shape index (κ3) is 77.1. The lowest BCUT2D eigenvalue weighted by atomic mass is 10.0. The van der Waals surface area contributed by atoms with Gasteiger partial charge in [-0.2, -0.15) is 0 Å². The molecule has 101 heavy (non-hydrogen) atoms. The molecule has 18 heteroatoms. The Hall–Kier alpha value is -3.79. The maximum absolute atomic E-state index is 12.9. The van der Waals surface area contributed by atoms with Crippen LogP contribution in [-0.2, 0) is 55.8 Å². The van der Waals surface area contributed by atoms with Crippen LogP contribution in [0.1, 0.15) is 342 Å². The SMILES string of the molecule is CC/C=C\C/C=C\C/C=C\C/C=C\C/C=C\CCCCCCCCCCCCCCCCCCCCCC(=O)OCC(O)COP(=O)(O)OCC(O)COP(=O)(O)OCC(COC(=O)CCCCCCCCC/C=C\C/C=C\C/C=C\CC)OC(=O)CCCCCCC/C=C\CCCCCC. The van der Waals surface area contributed by atoms with Crippen molar-refractivity contribution in [3.05, 3.63) is 109 Å². The molecule has 0 fully saturated rings. The van der Waals surface area contributed by atoms with Gasteiger partial charge < -0.3 is 34.2 Å². The Morgan fingerprint density at radius 3 is 0.842 bits per heavy atom. The lowest BCUT2D eigenvalue weighted by Gasteiger charge is -2.21. The molecule has 0 aliphatic heterocycles. The lowest BCUT2D eigenvalue weighted by molar-refractivity contribution is -0.161. The molecule has 0 saturated carbocycles. The van der Waals surface area contributed by atoms with E-state index in [9.17, 15) is 43.5 Å². The highest BCUT2D eigenvalue weighted by Crippen LogP contribution is 2.45. The molecule has 584 valence electrons. The molecule has 0 aromatic rings.